The summed E-state index contributed by atoms with van der Waals surface area (Å²) in [6, 6.07) is 12.4. The maximum atomic E-state index is 11.7. The van der Waals surface area contributed by atoms with E-state index in [4.69, 9.17) is 0 Å². The van der Waals surface area contributed by atoms with Crippen LogP contribution < -0.4 is 0 Å². The smallest absolute Gasteiger partial charge is 0.256 e. The topological polar surface area (TPSA) is 43.4 Å². The van der Waals surface area contributed by atoms with Crippen LogP contribution in [0, 0.1) is 6.61 Å². The molecule has 0 aromatic heterocycles. The van der Waals surface area contributed by atoms with Crippen LogP contribution in [-0.2, 0) is 14.3 Å². The first-order valence-corrected chi connectivity index (χ1v) is 6.41. The summed E-state index contributed by atoms with van der Waals surface area (Å²) in [5, 5.41) is 1.84. The molecule has 0 unspecified atom stereocenters. The van der Waals surface area contributed by atoms with Gasteiger partial charge in [-0.1, -0.05) is 36.4 Å². The third-order valence-electron chi connectivity index (χ3n) is 2.29. The van der Waals surface area contributed by atoms with Gasteiger partial charge in [0.2, 0.25) is 0 Å². The van der Waals surface area contributed by atoms with E-state index in [1.165, 1.54) is 12.1 Å². The Bertz CT molecular complexity index is 645. The SMILES string of the molecule is C=C[CH]OS(=O)(=O)c1ccc2ccccc2c1. The lowest BCUT2D eigenvalue weighted by Gasteiger charge is -2.04. The van der Waals surface area contributed by atoms with E-state index < -0.39 is 10.1 Å². The third kappa shape index (κ3) is 2.54. The number of rotatable bonds is 4. The van der Waals surface area contributed by atoms with E-state index in [0.717, 1.165) is 17.4 Å². The fourth-order valence-corrected chi connectivity index (χ4v) is 2.33. The number of fused-ring (bicyclic) bond motifs is 1. The lowest BCUT2D eigenvalue weighted by Crippen LogP contribution is -2.03. The van der Waals surface area contributed by atoms with E-state index >= 15 is 0 Å². The minimum atomic E-state index is -3.74. The van der Waals surface area contributed by atoms with Crippen LogP contribution in [0.3, 0.4) is 0 Å². The molecule has 4 heteroatoms. The normalized spacial score (nSPS) is 11.5. The van der Waals surface area contributed by atoms with Crippen LogP contribution >= 0.6 is 0 Å². The molecule has 0 bridgehead atoms. The first-order chi connectivity index (χ1) is 8.13. The van der Waals surface area contributed by atoms with Crippen molar-refractivity contribution < 1.29 is 12.6 Å². The molecule has 0 spiro atoms. The first-order valence-electron chi connectivity index (χ1n) is 5.00. The fourth-order valence-electron chi connectivity index (χ4n) is 1.49. The highest BCUT2D eigenvalue weighted by molar-refractivity contribution is 7.86. The van der Waals surface area contributed by atoms with Gasteiger partial charge in [-0.3, -0.25) is 4.18 Å². The lowest BCUT2D eigenvalue weighted by molar-refractivity contribution is 0.412. The summed E-state index contributed by atoms with van der Waals surface area (Å²) in [5.41, 5.74) is 0. The Morgan fingerprint density at radius 3 is 2.47 bits per heavy atom. The fraction of sp³-hybridized carbons (Fsp3) is 0. The Morgan fingerprint density at radius 1 is 1.06 bits per heavy atom. The predicted molar refractivity (Wildman–Crippen MR) is 66.7 cm³/mol. The summed E-state index contributed by atoms with van der Waals surface area (Å²) in [4.78, 5) is 0.134. The zero-order valence-corrected chi connectivity index (χ0v) is 9.85. The van der Waals surface area contributed by atoms with Crippen LogP contribution in [-0.4, -0.2) is 8.42 Å². The van der Waals surface area contributed by atoms with Gasteiger partial charge in [0.25, 0.3) is 10.1 Å². The molecular formula is C13H11O3S. The highest BCUT2D eigenvalue weighted by Crippen LogP contribution is 2.20. The standard InChI is InChI=1S/C13H11O3S/c1-2-9-16-17(14,15)13-8-7-11-5-3-4-6-12(11)10-13/h2-10H,1H2. The second-order valence-corrected chi connectivity index (χ2v) is 5.00. The minimum absolute atomic E-state index is 0.134. The quantitative estimate of drug-likeness (QED) is 0.780. The van der Waals surface area contributed by atoms with Crippen molar-refractivity contribution in [2.24, 2.45) is 0 Å². The maximum absolute atomic E-state index is 11.7. The molecular weight excluding hydrogens is 236 g/mol. The van der Waals surface area contributed by atoms with E-state index in [2.05, 4.69) is 10.8 Å². The van der Waals surface area contributed by atoms with E-state index in [1.807, 2.05) is 24.3 Å². The molecule has 3 nitrogen and oxygen atoms in total. The van der Waals surface area contributed by atoms with Crippen molar-refractivity contribution >= 4 is 20.9 Å². The summed E-state index contributed by atoms with van der Waals surface area (Å²) < 4.78 is 28.1. The summed E-state index contributed by atoms with van der Waals surface area (Å²) in [5.74, 6) is 0. The molecule has 0 aliphatic carbocycles. The molecule has 0 aliphatic rings. The Morgan fingerprint density at radius 2 is 1.76 bits per heavy atom. The van der Waals surface area contributed by atoms with Crippen molar-refractivity contribution in [1.29, 1.82) is 0 Å². The van der Waals surface area contributed by atoms with Gasteiger partial charge in [-0.15, -0.1) is 6.58 Å². The van der Waals surface area contributed by atoms with Crippen molar-refractivity contribution in [3.63, 3.8) is 0 Å². The summed E-state index contributed by atoms with van der Waals surface area (Å²) in [6.45, 7) is 4.41. The van der Waals surface area contributed by atoms with Crippen molar-refractivity contribution in [3.8, 4) is 0 Å². The highest BCUT2D eigenvalue weighted by Gasteiger charge is 2.14. The van der Waals surface area contributed by atoms with Crippen LogP contribution in [0.4, 0.5) is 0 Å². The molecule has 2 rings (SSSR count). The number of hydrogen-bond donors (Lipinski definition) is 0. The van der Waals surface area contributed by atoms with Crippen molar-refractivity contribution in [1.82, 2.24) is 0 Å². The summed E-state index contributed by atoms with van der Waals surface area (Å²) in [6.07, 6.45) is 1.28. The molecule has 0 aliphatic heterocycles. The van der Waals surface area contributed by atoms with Crippen LogP contribution in [0.5, 0.6) is 0 Å². The van der Waals surface area contributed by atoms with Crippen LogP contribution in [0.15, 0.2) is 60.0 Å². The largest absolute Gasteiger partial charge is 0.297 e. The van der Waals surface area contributed by atoms with Gasteiger partial charge in [0, 0.05) is 0 Å². The Kier molecular flexibility index (Phi) is 3.26. The van der Waals surface area contributed by atoms with Crippen LogP contribution in [0.25, 0.3) is 10.8 Å². The monoisotopic (exact) mass is 247 g/mol. The first kappa shape index (κ1) is 11.8. The average molecular weight is 247 g/mol. The predicted octanol–water partition coefficient (Wildman–Crippen LogP) is 2.89. The lowest BCUT2D eigenvalue weighted by atomic mass is 10.1. The average Bonchev–Trinajstić information content (AvgIpc) is 2.36. The molecule has 0 saturated heterocycles. The van der Waals surface area contributed by atoms with Crippen LogP contribution in [0.2, 0.25) is 0 Å². The molecule has 87 valence electrons. The Balaban J connectivity index is 2.46. The zero-order valence-electron chi connectivity index (χ0n) is 9.04. The molecule has 0 saturated carbocycles. The van der Waals surface area contributed by atoms with Gasteiger partial charge in [-0.2, -0.15) is 8.42 Å². The van der Waals surface area contributed by atoms with E-state index in [1.54, 1.807) is 12.1 Å². The van der Waals surface area contributed by atoms with E-state index in [9.17, 15) is 8.42 Å². The summed E-state index contributed by atoms with van der Waals surface area (Å²) in [7, 11) is -3.74. The molecule has 0 fully saturated rings. The number of hydrogen-bond acceptors (Lipinski definition) is 3. The molecule has 2 aromatic rings. The van der Waals surface area contributed by atoms with Gasteiger partial charge in [0.1, 0.15) is 6.61 Å². The molecule has 1 radical (unpaired) electrons. The highest BCUT2D eigenvalue weighted by atomic mass is 32.2. The molecule has 0 N–H and O–H groups in total. The molecule has 17 heavy (non-hydrogen) atoms. The van der Waals surface area contributed by atoms with Gasteiger partial charge in [0.15, 0.2) is 0 Å². The van der Waals surface area contributed by atoms with E-state index in [-0.39, 0.29) is 4.90 Å². The van der Waals surface area contributed by atoms with Gasteiger partial charge >= 0.3 is 0 Å². The van der Waals surface area contributed by atoms with Crippen molar-refractivity contribution in [3.05, 3.63) is 61.7 Å². The minimum Gasteiger partial charge on any atom is -0.256 e. The Hall–Kier alpha value is -1.65. The van der Waals surface area contributed by atoms with Crippen LogP contribution in [0.1, 0.15) is 0 Å². The Labute approximate surface area is 100 Å². The molecule has 0 atom stereocenters. The second-order valence-electron chi connectivity index (χ2n) is 3.43. The molecule has 0 amide bonds. The van der Waals surface area contributed by atoms with Gasteiger partial charge in [-0.25, -0.2) is 0 Å². The van der Waals surface area contributed by atoms with Crippen molar-refractivity contribution in [2.75, 3.05) is 0 Å². The maximum Gasteiger partial charge on any atom is 0.297 e. The van der Waals surface area contributed by atoms with Gasteiger partial charge in [0.05, 0.1) is 4.90 Å². The molecule has 2 aromatic carbocycles. The van der Waals surface area contributed by atoms with Gasteiger partial charge in [-0.05, 0) is 22.9 Å². The number of benzene rings is 2. The second kappa shape index (κ2) is 4.69. The summed E-state index contributed by atoms with van der Waals surface area (Å²) >= 11 is 0. The van der Waals surface area contributed by atoms with Crippen molar-refractivity contribution in [2.45, 2.75) is 4.90 Å². The van der Waals surface area contributed by atoms with Gasteiger partial charge < -0.3 is 0 Å². The van der Waals surface area contributed by atoms with E-state index in [0.29, 0.717) is 0 Å². The zero-order chi connectivity index (χ0) is 12.3. The molecule has 0 heterocycles. The third-order valence-corrected chi connectivity index (χ3v) is 3.48.